The molecule has 0 aliphatic carbocycles. The van der Waals surface area contributed by atoms with Crippen molar-refractivity contribution in [1.29, 1.82) is 0 Å². The molecule has 166 valence electrons. The normalized spacial score (nSPS) is 15.7. The summed E-state index contributed by atoms with van der Waals surface area (Å²) in [6.07, 6.45) is 0.481. The first kappa shape index (κ1) is 21.3. The summed E-state index contributed by atoms with van der Waals surface area (Å²) in [4.78, 5) is 29.3. The second-order valence-electron chi connectivity index (χ2n) is 7.13. The molecule has 32 heavy (non-hydrogen) atoms. The topological polar surface area (TPSA) is 140 Å². The Labute approximate surface area is 181 Å². The van der Waals surface area contributed by atoms with E-state index in [1.807, 2.05) is 0 Å². The van der Waals surface area contributed by atoms with Gasteiger partial charge >= 0.3 is 12.1 Å². The summed E-state index contributed by atoms with van der Waals surface area (Å²) in [5, 5.41) is 11.2. The Bertz CT molecular complexity index is 1140. The number of benzene rings is 1. The van der Waals surface area contributed by atoms with Crippen LogP contribution in [0.5, 0.6) is 0 Å². The smallest absolute Gasteiger partial charge is 0.414 e. The van der Waals surface area contributed by atoms with Gasteiger partial charge in [-0.25, -0.2) is 13.9 Å². The second-order valence-corrected chi connectivity index (χ2v) is 7.13. The number of carbonyl (C=O) groups is 2. The van der Waals surface area contributed by atoms with Crippen molar-refractivity contribution in [2.24, 2.45) is 7.05 Å². The number of pyridine rings is 1. The van der Waals surface area contributed by atoms with Crippen LogP contribution in [0.3, 0.4) is 0 Å². The van der Waals surface area contributed by atoms with Crippen LogP contribution in [0.2, 0.25) is 0 Å². The summed E-state index contributed by atoms with van der Waals surface area (Å²) in [5.41, 5.74) is 5.37. The van der Waals surface area contributed by atoms with E-state index in [0.29, 0.717) is 34.9 Å². The summed E-state index contributed by atoms with van der Waals surface area (Å²) < 4.78 is 26.6. The highest BCUT2D eigenvalue weighted by Crippen LogP contribution is 2.29. The van der Waals surface area contributed by atoms with E-state index < -0.39 is 24.0 Å². The number of ether oxygens (including phenoxy) is 2. The highest BCUT2D eigenvalue weighted by atomic mass is 19.1. The van der Waals surface area contributed by atoms with E-state index >= 15 is 0 Å². The molecule has 0 spiro atoms. The zero-order chi connectivity index (χ0) is 22.7. The average molecular weight is 442 g/mol. The number of hydrogen-bond acceptors (Lipinski definition) is 8. The fourth-order valence-electron chi connectivity index (χ4n) is 3.26. The van der Waals surface area contributed by atoms with E-state index in [9.17, 15) is 14.0 Å². The molecule has 3 N–H and O–H groups in total. The van der Waals surface area contributed by atoms with Gasteiger partial charge in [-0.2, -0.15) is 0 Å². The van der Waals surface area contributed by atoms with Gasteiger partial charge in [-0.05, 0) is 34.7 Å². The summed E-state index contributed by atoms with van der Waals surface area (Å²) in [6.45, 7) is 0.522. The second kappa shape index (κ2) is 9.06. The maximum Gasteiger partial charge on any atom is 0.414 e. The Morgan fingerprint density at radius 1 is 1.34 bits per heavy atom. The molecule has 1 fully saturated rings. The summed E-state index contributed by atoms with van der Waals surface area (Å²) >= 11 is 0. The minimum absolute atomic E-state index is 0.0549. The highest BCUT2D eigenvalue weighted by Gasteiger charge is 2.33. The van der Waals surface area contributed by atoms with Crippen LogP contribution in [0.1, 0.15) is 6.42 Å². The Kier molecular flexibility index (Phi) is 6.03. The number of quaternary nitrogens is 1. The standard InChI is InChI=1S/C20H20FN7O4/c1-27-19(24-25-26-27)17-5-2-12(9-23-17)15-4-3-13(8-16(15)21)28-10-14(32-20(28)30)11-31-18(29)6-7-22/h2-5,8-9,14H,6-7,10-11,22H2,1H3/p+1. The number of cyclic esters (lactones) is 1. The van der Waals surface area contributed by atoms with Crippen LogP contribution in [0, 0.1) is 5.82 Å². The van der Waals surface area contributed by atoms with Crippen LogP contribution in [-0.4, -0.2) is 63.1 Å². The number of esters is 1. The Morgan fingerprint density at radius 2 is 2.19 bits per heavy atom. The Hall–Kier alpha value is -3.93. The lowest BCUT2D eigenvalue weighted by atomic mass is 10.1. The van der Waals surface area contributed by atoms with E-state index in [-0.39, 0.29) is 19.6 Å². The van der Waals surface area contributed by atoms with Crippen molar-refractivity contribution in [1.82, 2.24) is 25.2 Å². The minimum atomic E-state index is -0.626. The molecule has 1 amide bonds. The first-order valence-corrected chi connectivity index (χ1v) is 9.88. The van der Waals surface area contributed by atoms with Gasteiger partial charge < -0.3 is 15.2 Å². The first-order chi connectivity index (χ1) is 15.5. The van der Waals surface area contributed by atoms with Crippen molar-refractivity contribution in [3.63, 3.8) is 0 Å². The van der Waals surface area contributed by atoms with Gasteiger partial charge in [0, 0.05) is 24.4 Å². The van der Waals surface area contributed by atoms with Crippen LogP contribution < -0.4 is 10.6 Å². The van der Waals surface area contributed by atoms with Crippen LogP contribution in [0.15, 0.2) is 36.5 Å². The largest absolute Gasteiger partial charge is 0.461 e. The number of nitrogens with zero attached hydrogens (tertiary/aromatic N) is 6. The van der Waals surface area contributed by atoms with Crippen LogP contribution in [-0.2, 0) is 21.3 Å². The Balaban J connectivity index is 1.46. The first-order valence-electron chi connectivity index (χ1n) is 9.88. The van der Waals surface area contributed by atoms with Gasteiger partial charge in [0.25, 0.3) is 0 Å². The lowest BCUT2D eigenvalue weighted by Crippen LogP contribution is -2.51. The van der Waals surface area contributed by atoms with Gasteiger partial charge in [-0.1, -0.05) is 6.07 Å². The van der Waals surface area contributed by atoms with E-state index in [4.69, 9.17) is 9.47 Å². The van der Waals surface area contributed by atoms with Crippen molar-refractivity contribution >= 4 is 17.7 Å². The molecule has 1 aromatic carbocycles. The molecule has 2 aromatic heterocycles. The van der Waals surface area contributed by atoms with Gasteiger partial charge in [0.05, 0.1) is 25.2 Å². The molecule has 3 heterocycles. The number of rotatable bonds is 7. The number of anilines is 1. The van der Waals surface area contributed by atoms with E-state index in [1.54, 1.807) is 31.3 Å². The van der Waals surface area contributed by atoms with Crippen molar-refractivity contribution in [2.75, 3.05) is 24.6 Å². The molecule has 0 radical (unpaired) electrons. The molecule has 0 saturated carbocycles. The van der Waals surface area contributed by atoms with Gasteiger partial charge in [0.2, 0.25) is 0 Å². The molecule has 11 nitrogen and oxygen atoms in total. The molecule has 3 aromatic rings. The van der Waals surface area contributed by atoms with Gasteiger partial charge in [-0.3, -0.25) is 14.7 Å². The molecule has 1 saturated heterocycles. The zero-order valence-corrected chi connectivity index (χ0v) is 17.3. The summed E-state index contributed by atoms with van der Waals surface area (Å²) in [6, 6.07) is 7.87. The molecule has 0 bridgehead atoms. The molecular weight excluding hydrogens is 421 g/mol. The predicted octanol–water partition coefficient (Wildman–Crippen LogP) is 0.579. The lowest BCUT2D eigenvalue weighted by molar-refractivity contribution is -0.366. The SMILES string of the molecule is Cn1nnnc1-c1ccc(-c2ccc(N3CC(COC(=O)CC[NH3+])OC3=O)cc2F)cn1. The molecule has 1 aliphatic heterocycles. The zero-order valence-electron chi connectivity index (χ0n) is 17.3. The highest BCUT2D eigenvalue weighted by molar-refractivity contribution is 5.90. The van der Waals surface area contributed by atoms with E-state index in [1.165, 1.54) is 21.8 Å². The third-order valence-electron chi connectivity index (χ3n) is 4.87. The number of carbonyl (C=O) groups excluding carboxylic acids is 2. The quantitative estimate of drug-likeness (QED) is 0.524. The van der Waals surface area contributed by atoms with Crippen molar-refractivity contribution < 1.29 is 29.2 Å². The predicted molar refractivity (Wildman–Crippen MR) is 108 cm³/mol. The van der Waals surface area contributed by atoms with Gasteiger partial charge in [0.1, 0.15) is 18.1 Å². The molecule has 1 unspecified atom stereocenters. The number of hydrogen-bond donors (Lipinski definition) is 1. The maximum atomic E-state index is 14.9. The van der Waals surface area contributed by atoms with Crippen molar-refractivity contribution in [3.05, 3.63) is 42.3 Å². The fourth-order valence-corrected chi connectivity index (χ4v) is 3.26. The molecule has 1 aliphatic rings. The number of amides is 1. The summed E-state index contributed by atoms with van der Waals surface area (Å²) in [7, 11) is 1.70. The summed E-state index contributed by atoms with van der Waals surface area (Å²) in [5.74, 6) is -0.429. The van der Waals surface area contributed by atoms with Crippen molar-refractivity contribution in [3.8, 4) is 22.6 Å². The average Bonchev–Trinajstić information content (AvgIpc) is 3.38. The molecule has 4 rings (SSSR count). The van der Waals surface area contributed by atoms with Gasteiger partial charge in [0.15, 0.2) is 11.9 Å². The number of tetrazole rings is 1. The number of aromatic nitrogens is 5. The number of aryl methyl sites for hydroxylation is 1. The number of halogens is 1. The van der Waals surface area contributed by atoms with Crippen LogP contribution in [0.4, 0.5) is 14.9 Å². The molecule has 1 atom stereocenters. The fraction of sp³-hybridized carbons (Fsp3) is 0.300. The maximum absolute atomic E-state index is 14.9. The monoisotopic (exact) mass is 442 g/mol. The molecular formula is C20H21FN7O4+. The van der Waals surface area contributed by atoms with E-state index in [2.05, 4.69) is 26.2 Å². The lowest BCUT2D eigenvalue weighted by Gasteiger charge is -2.14. The van der Waals surface area contributed by atoms with Crippen molar-refractivity contribution in [2.45, 2.75) is 12.5 Å². The minimum Gasteiger partial charge on any atom is -0.461 e. The van der Waals surface area contributed by atoms with Crippen LogP contribution >= 0.6 is 0 Å². The molecule has 12 heteroatoms. The third kappa shape index (κ3) is 4.39. The van der Waals surface area contributed by atoms with Crippen LogP contribution in [0.25, 0.3) is 22.6 Å². The van der Waals surface area contributed by atoms with E-state index in [0.717, 1.165) is 0 Å². The Morgan fingerprint density at radius 3 is 2.84 bits per heavy atom. The van der Waals surface area contributed by atoms with Gasteiger partial charge in [-0.15, -0.1) is 5.10 Å². The third-order valence-corrected chi connectivity index (χ3v) is 4.87.